The number of halogens is 2. The Morgan fingerprint density at radius 2 is 2.08 bits per heavy atom. The van der Waals surface area contributed by atoms with Crippen LogP contribution < -0.4 is 10.1 Å². The number of carbonyl (C=O) groups excluding carboxylic acids is 1. The molecule has 0 aromatic heterocycles. The first-order valence-electron chi connectivity index (χ1n) is 8.60. The Labute approximate surface area is 163 Å². The van der Waals surface area contributed by atoms with E-state index in [9.17, 15) is 4.79 Å². The third-order valence-electron chi connectivity index (χ3n) is 4.21. The van der Waals surface area contributed by atoms with Gasteiger partial charge in [-0.05, 0) is 55.2 Å². The largest absolute Gasteiger partial charge is 0.489 e. The third-order valence-corrected chi connectivity index (χ3v) is 4.95. The summed E-state index contributed by atoms with van der Waals surface area (Å²) in [5.74, 6) is 0.511. The normalized spacial score (nSPS) is 16.5. The smallest absolute Gasteiger partial charge is 0.228 e. The highest BCUT2D eigenvalue weighted by molar-refractivity contribution is 6.42. The third kappa shape index (κ3) is 5.13. The van der Waals surface area contributed by atoms with Crippen molar-refractivity contribution < 1.29 is 14.3 Å². The fourth-order valence-corrected chi connectivity index (χ4v) is 3.16. The Kier molecular flexibility index (Phi) is 6.41. The second kappa shape index (κ2) is 8.76. The number of benzene rings is 2. The standard InChI is InChI=1S/C20H21Cl2NO3/c1-13-4-7-18(19(9-13)26-12-15-3-2-8-25-15)23-20(24)11-14-5-6-16(21)17(22)10-14/h4-7,9-10,15H,2-3,8,11-12H2,1H3,(H,23,24). The second-order valence-corrected chi connectivity index (χ2v) is 7.23. The molecule has 1 heterocycles. The number of ether oxygens (including phenoxy) is 2. The Morgan fingerprint density at radius 3 is 2.81 bits per heavy atom. The number of hydrogen-bond acceptors (Lipinski definition) is 3. The van der Waals surface area contributed by atoms with Crippen LogP contribution in [0.15, 0.2) is 36.4 Å². The molecule has 1 unspecified atom stereocenters. The van der Waals surface area contributed by atoms with Gasteiger partial charge in [0.2, 0.25) is 5.91 Å². The first kappa shape index (κ1) is 19.0. The van der Waals surface area contributed by atoms with Gasteiger partial charge in [-0.25, -0.2) is 0 Å². The van der Waals surface area contributed by atoms with Gasteiger partial charge in [0.25, 0.3) is 0 Å². The van der Waals surface area contributed by atoms with Crippen LogP contribution in [0.2, 0.25) is 10.0 Å². The highest BCUT2D eigenvalue weighted by Gasteiger charge is 2.17. The minimum atomic E-state index is -0.144. The Hall–Kier alpha value is -1.75. The lowest BCUT2D eigenvalue weighted by Gasteiger charge is -2.16. The second-order valence-electron chi connectivity index (χ2n) is 6.42. The van der Waals surface area contributed by atoms with Crippen LogP contribution in [0.1, 0.15) is 24.0 Å². The molecule has 0 bridgehead atoms. The van der Waals surface area contributed by atoms with Gasteiger partial charge < -0.3 is 14.8 Å². The maximum Gasteiger partial charge on any atom is 0.228 e. The van der Waals surface area contributed by atoms with Crippen LogP contribution in [0, 0.1) is 6.92 Å². The molecule has 1 fully saturated rings. The van der Waals surface area contributed by atoms with Crippen LogP contribution in [0.4, 0.5) is 5.69 Å². The molecule has 0 radical (unpaired) electrons. The molecule has 1 saturated heterocycles. The molecule has 6 heteroatoms. The van der Waals surface area contributed by atoms with Crippen LogP contribution in [0.25, 0.3) is 0 Å². The minimum absolute atomic E-state index is 0.121. The Bertz CT molecular complexity index is 789. The number of nitrogens with one attached hydrogen (secondary N) is 1. The molecular formula is C20H21Cl2NO3. The summed E-state index contributed by atoms with van der Waals surface area (Å²) in [6, 6.07) is 10.9. The van der Waals surface area contributed by atoms with Crippen molar-refractivity contribution >= 4 is 34.8 Å². The molecular weight excluding hydrogens is 373 g/mol. The predicted octanol–water partition coefficient (Wildman–Crippen LogP) is 5.04. The summed E-state index contributed by atoms with van der Waals surface area (Å²) in [5.41, 5.74) is 2.51. The molecule has 0 spiro atoms. The molecule has 2 aromatic carbocycles. The lowest BCUT2D eigenvalue weighted by molar-refractivity contribution is -0.115. The molecule has 26 heavy (non-hydrogen) atoms. The minimum Gasteiger partial charge on any atom is -0.489 e. The molecule has 138 valence electrons. The van der Waals surface area contributed by atoms with Gasteiger partial charge in [-0.3, -0.25) is 4.79 Å². The number of anilines is 1. The number of carbonyl (C=O) groups is 1. The summed E-state index contributed by atoms with van der Waals surface area (Å²) >= 11 is 11.9. The summed E-state index contributed by atoms with van der Waals surface area (Å²) in [5, 5.41) is 3.82. The molecule has 4 nitrogen and oxygen atoms in total. The molecule has 1 atom stereocenters. The molecule has 1 aliphatic heterocycles. The fourth-order valence-electron chi connectivity index (χ4n) is 2.84. The number of aryl methyl sites for hydroxylation is 1. The van der Waals surface area contributed by atoms with Crippen LogP contribution in [-0.4, -0.2) is 25.2 Å². The van der Waals surface area contributed by atoms with Crippen molar-refractivity contribution in [2.45, 2.75) is 32.3 Å². The fraction of sp³-hybridized carbons (Fsp3) is 0.350. The van der Waals surface area contributed by atoms with Gasteiger partial charge in [0.05, 0.1) is 28.3 Å². The van der Waals surface area contributed by atoms with Crippen LogP contribution >= 0.6 is 23.2 Å². The Balaban J connectivity index is 1.65. The zero-order valence-corrected chi connectivity index (χ0v) is 16.1. The summed E-state index contributed by atoms with van der Waals surface area (Å²) < 4.78 is 11.5. The average molecular weight is 394 g/mol. The van der Waals surface area contributed by atoms with E-state index in [1.807, 2.05) is 25.1 Å². The van der Waals surface area contributed by atoms with Crippen molar-refractivity contribution in [2.75, 3.05) is 18.5 Å². The van der Waals surface area contributed by atoms with Gasteiger partial charge in [0, 0.05) is 6.61 Å². The van der Waals surface area contributed by atoms with Gasteiger partial charge in [0.15, 0.2) is 0 Å². The van der Waals surface area contributed by atoms with Crippen LogP contribution in [-0.2, 0) is 16.0 Å². The lowest BCUT2D eigenvalue weighted by atomic mass is 10.1. The number of rotatable bonds is 6. The lowest BCUT2D eigenvalue weighted by Crippen LogP contribution is -2.19. The summed E-state index contributed by atoms with van der Waals surface area (Å²) in [6.07, 6.45) is 2.39. The van der Waals surface area contributed by atoms with E-state index < -0.39 is 0 Å². The predicted molar refractivity (Wildman–Crippen MR) is 104 cm³/mol. The van der Waals surface area contributed by atoms with Gasteiger partial charge >= 0.3 is 0 Å². The maximum atomic E-state index is 12.4. The van der Waals surface area contributed by atoms with Gasteiger partial charge in [0.1, 0.15) is 12.4 Å². The summed E-state index contributed by atoms with van der Waals surface area (Å²) in [7, 11) is 0. The molecule has 3 rings (SSSR count). The van der Waals surface area contributed by atoms with E-state index in [0.29, 0.717) is 28.1 Å². The maximum absolute atomic E-state index is 12.4. The van der Waals surface area contributed by atoms with Gasteiger partial charge in [-0.15, -0.1) is 0 Å². The van der Waals surface area contributed by atoms with Crippen molar-refractivity contribution in [3.05, 3.63) is 57.6 Å². The molecule has 0 saturated carbocycles. The van der Waals surface area contributed by atoms with Crippen molar-refractivity contribution in [1.82, 2.24) is 0 Å². The zero-order chi connectivity index (χ0) is 18.5. The van der Waals surface area contributed by atoms with Crippen molar-refractivity contribution in [1.29, 1.82) is 0 Å². The van der Waals surface area contributed by atoms with E-state index in [4.69, 9.17) is 32.7 Å². The Morgan fingerprint density at radius 1 is 1.23 bits per heavy atom. The quantitative estimate of drug-likeness (QED) is 0.747. The van der Waals surface area contributed by atoms with E-state index in [2.05, 4.69) is 5.32 Å². The molecule has 1 aliphatic rings. The van der Waals surface area contributed by atoms with E-state index >= 15 is 0 Å². The van der Waals surface area contributed by atoms with Gasteiger partial charge in [-0.1, -0.05) is 35.3 Å². The van der Waals surface area contributed by atoms with E-state index in [-0.39, 0.29) is 18.4 Å². The van der Waals surface area contributed by atoms with Crippen LogP contribution in [0.3, 0.4) is 0 Å². The van der Waals surface area contributed by atoms with Gasteiger partial charge in [-0.2, -0.15) is 0 Å². The van der Waals surface area contributed by atoms with Crippen LogP contribution in [0.5, 0.6) is 5.75 Å². The topological polar surface area (TPSA) is 47.6 Å². The van der Waals surface area contributed by atoms with E-state index in [0.717, 1.165) is 30.6 Å². The first-order chi connectivity index (χ1) is 12.5. The molecule has 1 N–H and O–H groups in total. The van der Waals surface area contributed by atoms with Crippen molar-refractivity contribution in [3.8, 4) is 5.75 Å². The molecule has 0 aliphatic carbocycles. The highest BCUT2D eigenvalue weighted by atomic mass is 35.5. The van der Waals surface area contributed by atoms with E-state index in [1.165, 1.54) is 0 Å². The summed E-state index contributed by atoms with van der Waals surface area (Å²) in [6.45, 7) is 3.26. The zero-order valence-electron chi connectivity index (χ0n) is 14.6. The highest BCUT2D eigenvalue weighted by Crippen LogP contribution is 2.28. The first-order valence-corrected chi connectivity index (χ1v) is 9.35. The number of amides is 1. The monoisotopic (exact) mass is 393 g/mol. The SMILES string of the molecule is Cc1ccc(NC(=O)Cc2ccc(Cl)c(Cl)c2)c(OCC2CCCO2)c1. The molecule has 1 amide bonds. The van der Waals surface area contributed by atoms with Crippen molar-refractivity contribution in [3.63, 3.8) is 0 Å². The molecule has 2 aromatic rings. The van der Waals surface area contributed by atoms with E-state index in [1.54, 1.807) is 18.2 Å². The number of hydrogen-bond donors (Lipinski definition) is 1. The van der Waals surface area contributed by atoms with Crippen molar-refractivity contribution in [2.24, 2.45) is 0 Å². The summed E-state index contributed by atoms with van der Waals surface area (Å²) in [4.78, 5) is 12.4. The average Bonchev–Trinajstić information content (AvgIpc) is 3.12.